The second kappa shape index (κ2) is 5.41. The average Bonchev–Trinajstić information content (AvgIpc) is 2.28. The van der Waals surface area contributed by atoms with Gasteiger partial charge in [-0.25, -0.2) is 0 Å². The molecule has 0 aliphatic rings. The van der Waals surface area contributed by atoms with Crippen molar-refractivity contribution in [3.63, 3.8) is 0 Å². The third-order valence-corrected chi connectivity index (χ3v) is 2.13. The van der Waals surface area contributed by atoms with E-state index in [-0.39, 0.29) is 6.04 Å². The SMILES string of the molecule is C=C[C@@H](N)c1ccc(OC)c(OCC)c1. The second-order valence-corrected chi connectivity index (χ2v) is 3.10. The van der Waals surface area contributed by atoms with Gasteiger partial charge in [0.2, 0.25) is 0 Å². The van der Waals surface area contributed by atoms with Gasteiger partial charge in [0.1, 0.15) is 0 Å². The minimum Gasteiger partial charge on any atom is -0.493 e. The van der Waals surface area contributed by atoms with Crippen LogP contribution in [0.4, 0.5) is 0 Å². The van der Waals surface area contributed by atoms with Crippen LogP contribution in [0.3, 0.4) is 0 Å². The van der Waals surface area contributed by atoms with Crippen molar-refractivity contribution in [3.05, 3.63) is 36.4 Å². The maximum Gasteiger partial charge on any atom is 0.161 e. The molecule has 0 aliphatic heterocycles. The molecule has 1 aromatic carbocycles. The van der Waals surface area contributed by atoms with E-state index >= 15 is 0 Å². The summed E-state index contributed by atoms with van der Waals surface area (Å²) in [7, 11) is 1.62. The van der Waals surface area contributed by atoms with Gasteiger partial charge in [-0.3, -0.25) is 0 Å². The number of hydrogen-bond donors (Lipinski definition) is 1. The minimum atomic E-state index is -0.171. The van der Waals surface area contributed by atoms with Crippen molar-refractivity contribution in [1.29, 1.82) is 0 Å². The van der Waals surface area contributed by atoms with E-state index in [0.717, 1.165) is 17.1 Å². The summed E-state index contributed by atoms with van der Waals surface area (Å²) in [5.74, 6) is 1.44. The van der Waals surface area contributed by atoms with Crippen LogP contribution in [-0.2, 0) is 0 Å². The van der Waals surface area contributed by atoms with Gasteiger partial charge in [-0.2, -0.15) is 0 Å². The standard InChI is InChI=1S/C12H17NO2/c1-4-10(13)9-6-7-11(14-3)12(8-9)15-5-2/h4,6-8,10H,1,5,13H2,2-3H3/t10-/m1/s1. The third kappa shape index (κ3) is 2.73. The third-order valence-electron chi connectivity index (χ3n) is 2.13. The van der Waals surface area contributed by atoms with Crippen molar-refractivity contribution < 1.29 is 9.47 Å². The summed E-state index contributed by atoms with van der Waals surface area (Å²) in [6.07, 6.45) is 1.69. The van der Waals surface area contributed by atoms with Crippen LogP contribution in [0.5, 0.6) is 11.5 Å². The lowest BCUT2D eigenvalue weighted by Gasteiger charge is -2.13. The first-order valence-electron chi connectivity index (χ1n) is 4.91. The molecule has 0 heterocycles. The van der Waals surface area contributed by atoms with Crippen LogP contribution in [0.1, 0.15) is 18.5 Å². The van der Waals surface area contributed by atoms with Crippen LogP contribution in [0.25, 0.3) is 0 Å². The Morgan fingerprint density at radius 2 is 2.20 bits per heavy atom. The first-order chi connectivity index (χ1) is 7.22. The lowest BCUT2D eigenvalue weighted by atomic mass is 10.1. The molecule has 3 heteroatoms. The molecule has 0 aromatic heterocycles. The second-order valence-electron chi connectivity index (χ2n) is 3.10. The number of rotatable bonds is 5. The molecule has 0 fully saturated rings. The molecule has 1 aromatic rings. The molecular formula is C12H17NO2. The zero-order valence-electron chi connectivity index (χ0n) is 9.19. The van der Waals surface area contributed by atoms with E-state index in [9.17, 15) is 0 Å². The van der Waals surface area contributed by atoms with Gasteiger partial charge in [0, 0.05) is 6.04 Å². The van der Waals surface area contributed by atoms with Gasteiger partial charge in [-0.15, -0.1) is 6.58 Å². The molecule has 2 N–H and O–H groups in total. The Labute approximate surface area is 90.5 Å². The minimum absolute atomic E-state index is 0.171. The molecule has 1 atom stereocenters. The van der Waals surface area contributed by atoms with Gasteiger partial charge >= 0.3 is 0 Å². The lowest BCUT2D eigenvalue weighted by molar-refractivity contribution is 0.310. The summed E-state index contributed by atoms with van der Waals surface area (Å²) in [4.78, 5) is 0. The number of nitrogens with two attached hydrogens (primary N) is 1. The summed E-state index contributed by atoms with van der Waals surface area (Å²) in [6.45, 7) is 6.19. The van der Waals surface area contributed by atoms with Crippen LogP contribution < -0.4 is 15.2 Å². The van der Waals surface area contributed by atoms with Crippen molar-refractivity contribution in [1.82, 2.24) is 0 Å². The molecule has 0 aliphatic carbocycles. The molecule has 0 unspecified atom stereocenters. The normalized spacial score (nSPS) is 11.9. The molecule has 0 amide bonds. The molecule has 1 rings (SSSR count). The van der Waals surface area contributed by atoms with Crippen molar-refractivity contribution >= 4 is 0 Å². The molecular weight excluding hydrogens is 190 g/mol. The van der Waals surface area contributed by atoms with Crippen LogP contribution in [0.15, 0.2) is 30.9 Å². The molecule has 0 spiro atoms. The van der Waals surface area contributed by atoms with E-state index in [0.29, 0.717) is 6.61 Å². The molecule has 0 saturated heterocycles. The van der Waals surface area contributed by atoms with E-state index in [1.54, 1.807) is 13.2 Å². The van der Waals surface area contributed by atoms with Crippen molar-refractivity contribution in [2.45, 2.75) is 13.0 Å². The maximum atomic E-state index is 5.84. The molecule has 15 heavy (non-hydrogen) atoms. The summed E-state index contributed by atoms with van der Waals surface area (Å²) in [5.41, 5.74) is 6.80. The Morgan fingerprint density at radius 1 is 1.47 bits per heavy atom. The largest absolute Gasteiger partial charge is 0.493 e. The smallest absolute Gasteiger partial charge is 0.161 e. The molecule has 82 valence electrons. The highest BCUT2D eigenvalue weighted by Gasteiger charge is 2.08. The van der Waals surface area contributed by atoms with Gasteiger partial charge in [0.05, 0.1) is 13.7 Å². The van der Waals surface area contributed by atoms with E-state index in [2.05, 4.69) is 6.58 Å². The lowest BCUT2D eigenvalue weighted by Crippen LogP contribution is -2.07. The van der Waals surface area contributed by atoms with E-state index in [1.807, 2.05) is 25.1 Å². The van der Waals surface area contributed by atoms with Crippen LogP contribution in [-0.4, -0.2) is 13.7 Å². The number of methoxy groups -OCH3 is 1. The zero-order chi connectivity index (χ0) is 11.3. The van der Waals surface area contributed by atoms with Gasteiger partial charge < -0.3 is 15.2 Å². The fraction of sp³-hybridized carbons (Fsp3) is 0.333. The zero-order valence-corrected chi connectivity index (χ0v) is 9.19. The van der Waals surface area contributed by atoms with Crippen molar-refractivity contribution in [3.8, 4) is 11.5 Å². The predicted molar refractivity (Wildman–Crippen MR) is 61.3 cm³/mol. The Hall–Kier alpha value is -1.48. The van der Waals surface area contributed by atoms with Gasteiger partial charge in [0.15, 0.2) is 11.5 Å². The summed E-state index contributed by atoms with van der Waals surface area (Å²) >= 11 is 0. The van der Waals surface area contributed by atoms with Gasteiger partial charge in [-0.05, 0) is 24.6 Å². The monoisotopic (exact) mass is 207 g/mol. The molecule has 0 saturated carbocycles. The van der Waals surface area contributed by atoms with E-state index in [1.165, 1.54) is 0 Å². The average molecular weight is 207 g/mol. The van der Waals surface area contributed by atoms with Crippen molar-refractivity contribution in [2.24, 2.45) is 5.73 Å². The molecule has 0 bridgehead atoms. The van der Waals surface area contributed by atoms with Gasteiger partial charge in [0.25, 0.3) is 0 Å². The molecule has 0 radical (unpaired) electrons. The topological polar surface area (TPSA) is 44.5 Å². The van der Waals surface area contributed by atoms with Gasteiger partial charge in [-0.1, -0.05) is 12.1 Å². The number of ether oxygens (including phenoxy) is 2. The van der Waals surface area contributed by atoms with E-state index < -0.39 is 0 Å². The molecule has 3 nitrogen and oxygen atoms in total. The highest BCUT2D eigenvalue weighted by Crippen LogP contribution is 2.29. The fourth-order valence-electron chi connectivity index (χ4n) is 1.31. The summed E-state index contributed by atoms with van der Waals surface area (Å²) in [6, 6.07) is 5.47. The summed E-state index contributed by atoms with van der Waals surface area (Å²) in [5, 5.41) is 0. The van der Waals surface area contributed by atoms with Crippen LogP contribution >= 0.6 is 0 Å². The predicted octanol–water partition coefficient (Wildman–Crippen LogP) is 2.28. The van der Waals surface area contributed by atoms with Crippen LogP contribution in [0.2, 0.25) is 0 Å². The highest BCUT2D eigenvalue weighted by atomic mass is 16.5. The van der Waals surface area contributed by atoms with Crippen LogP contribution in [0, 0.1) is 0 Å². The number of hydrogen-bond acceptors (Lipinski definition) is 3. The number of benzene rings is 1. The Balaban J connectivity index is 3.03. The first kappa shape index (κ1) is 11.6. The van der Waals surface area contributed by atoms with E-state index in [4.69, 9.17) is 15.2 Å². The quantitative estimate of drug-likeness (QED) is 0.753. The first-order valence-corrected chi connectivity index (χ1v) is 4.91. The maximum absolute atomic E-state index is 5.84. The fourth-order valence-corrected chi connectivity index (χ4v) is 1.31. The Kier molecular flexibility index (Phi) is 4.18. The summed E-state index contributed by atoms with van der Waals surface area (Å²) < 4.78 is 10.6. The highest BCUT2D eigenvalue weighted by molar-refractivity contribution is 5.44. The Bertz CT molecular complexity index is 336. The van der Waals surface area contributed by atoms with Crippen molar-refractivity contribution in [2.75, 3.05) is 13.7 Å². The Morgan fingerprint density at radius 3 is 2.73 bits per heavy atom.